The monoisotopic (exact) mass is 436 g/mol. The maximum absolute atomic E-state index is 12.1. The Balaban J connectivity index is 1.26. The fraction of sp³-hybridized carbons (Fsp3) is 0.409. The Kier molecular flexibility index (Phi) is 8.47. The Hall–Kier alpha value is -1.95. The Bertz CT molecular complexity index is 761. The van der Waals surface area contributed by atoms with Gasteiger partial charge in [-0.05, 0) is 67.8 Å². The Morgan fingerprint density at radius 2 is 1.48 bits per heavy atom. The minimum atomic E-state index is -0.0882. The third-order valence-corrected chi connectivity index (χ3v) is 5.34. The molecule has 0 aliphatic carbocycles. The first-order chi connectivity index (χ1) is 14.1. The smallest absolute Gasteiger partial charge is 0.258 e. The molecule has 2 aromatic carbocycles. The number of carbonyl (C=O) groups is 1. The molecule has 0 atom stereocenters. The fourth-order valence-corrected chi connectivity index (χ4v) is 3.51. The molecular weight excluding hydrogens is 411 g/mol. The number of benzene rings is 2. The highest BCUT2D eigenvalue weighted by Crippen LogP contribution is 2.17. The number of halogens is 2. The van der Waals surface area contributed by atoms with E-state index in [1.807, 2.05) is 24.3 Å². The van der Waals surface area contributed by atoms with E-state index in [-0.39, 0.29) is 18.6 Å². The van der Waals surface area contributed by atoms with Crippen molar-refractivity contribution in [2.45, 2.75) is 25.3 Å². The van der Waals surface area contributed by atoms with E-state index in [9.17, 15) is 4.79 Å². The lowest BCUT2D eigenvalue weighted by Crippen LogP contribution is -2.46. The number of carbonyl (C=O) groups excluding carboxylic acids is 1. The molecule has 1 fully saturated rings. The van der Waals surface area contributed by atoms with Crippen LogP contribution < -0.4 is 14.8 Å². The molecule has 0 aromatic heterocycles. The number of nitrogens with zero attached hydrogens (tertiary/aromatic N) is 1. The van der Waals surface area contributed by atoms with Gasteiger partial charge in [0.2, 0.25) is 0 Å². The van der Waals surface area contributed by atoms with Crippen molar-refractivity contribution in [3.63, 3.8) is 0 Å². The second-order valence-electron chi connectivity index (χ2n) is 7.08. The first kappa shape index (κ1) is 21.8. The minimum Gasteiger partial charge on any atom is -0.494 e. The summed E-state index contributed by atoms with van der Waals surface area (Å²) in [6, 6.07) is 14.6. The van der Waals surface area contributed by atoms with E-state index < -0.39 is 0 Å². The molecule has 2 aromatic rings. The summed E-state index contributed by atoms with van der Waals surface area (Å²) in [5, 5.41) is 4.42. The highest BCUT2D eigenvalue weighted by Gasteiger charge is 2.20. The molecule has 1 aliphatic rings. The van der Waals surface area contributed by atoms with Gasteiger partial charge in [-0.1, -0.05) is 23.2 Å². The lowest BCUT2D eigenvalue weighted by Gasteiger charge is -2.32. The summed E-state index contributed by atoms with van der Waals surface area (Å²) in [7, 11) is 0. The van der Waals surface area contributed by atoms with Gasteiger partial charge in [0.05, 0.1) is 6.61 Å². The summed E-state index contributed by atoms with van der Waals surface area (Å²) in [4.78, 5) is 14.5. The summed E-state index contributed by atoms with van der Waals surface area (Å²) in [6.45, 7) is 3.64. The summed E-state index contributed by atoms with van der Waals surface area (Å²) >= 11 is 11.7. The van der Waals surface area contributed by atoms with Gasteiger partial charge in [0.1, 0.15) is 11.5 Å². The van der Waals surface area contributed by atoms with Crippen LogP contribution in [-0.4, -0.2) is 49.7 Å². The van der Waals surface area contributed by atoms with E-state index in [1.165, 1.54) is 0 Å². The summed E-state index contributed by atoms with van der Waals surface area (Å²) in [5.74, 6) is 1.39. The van der Waals surface area contributed by atoms with Gasteiger partial charge in [-0.15, -0.1) is 0 Å². The van der Waals surface area contributed by atoms with Crippen molar-refractivity contribution in [1.82, 2.24) is 10.2 Å². The molecule has 0 unspecified atom stereocenters. The highest BCUT2D eigenvalue weighted by molar-refractivity contribution is 6.30. The standard InChI is InChI=1S/C22H26Cl2N2O3/c23-17-2-6-20(7-3-17)28-15-1-12-26-13-10-19(11-14-26)25-22(27)16-29-21-8-4-18(24)5-9-21/h2-9,19H,1,10-16H2,(H,25,27). The molecule has 1 amide bonds. The first-order valence-electron chi connectivity index (χ1n) is 9.87. The molecule has 5 nitrogen and oxygen atoms in total. The van der Waals surface area contributed by atoms with Crippen molar-refractivity contribution in [1.29, 1.82) is 0 Å². The molecule has 156 valence electrons. The normalized spacial score (nSPS) is 15.1. The summed E-state index contributed by atoms with van der Waals surface area (Å²) < 4.78 is 11.2. The maximum Gasteiger partial charge on any atom is 0.258 e. The predicted octanol–water partition coefficient (Wildman–Crippen LogP) is 4.42. The van der Waals surface area contributed by atoms with Gasteiger partial charge in [0.25, 0.3) is 5.91 Å². The Morgan fingerprint density at radius 1 is 0.931 bits per heavy atom. The Labute approximate surface area is 181 Å². The zero-order chi connectivity index (χ0) is 20.5. The third kappa shape index (κ3) is 7.77. The van der Waals surface area contributed by atoms with Crippen molar-refractivity contribution >= 4 is 29.1 Å². The molecular formula is C22H26Cl2N2O3. The number of likely N-dealkylation sites (tertiary alicyclic amines) is 1. The number of amides is 1. The van der Waals surface area contributed by atoms with Crippen LogP contribution in [0.3, 0.4) is 0 Å². The second kappa shape index (κ2) is 11.3. The lowest BCUT2D eigenvalue weighted by molar-refractivity contribution is -0.124. The van der Waals surface area contributed by atoms with Crippen LogP contribution in [0.4, 0.5) is 0 Å². The predicted molar refractivity (Wildman–Crippen MR) is 116 cm³/mol. The molecule has 1 aliphatic heterocycles. The quantitative estimate of drug-likeness (QED) is 0.590. The number of nitrogens with one attached hydrogen (secondary N) is 1. The van der Waals surface area contributed by atoms with Crippen LogP contribution in [0.2, 0.25) is 10.0 Å². The maximum atomic E-state index is 12.1. The fourth-order valence-electron chi connectivity index (χ4n) is 3.26. The van der Waals surface area contributed by atoms with Crippen LogP contribution in [0, 0.1) is 0 Å². The number of rotatable bonds is 9. The van der Waals surface area contributed by atoms with Gasteiger partial charge in [0.15, 0.2) is 6.61 Å². The van der Waals surface area contributed by atoms with Crippen molar-refractivity contribution in [2.75, 3.05) is 32.8 Å². The first-order valence-corrected chi connectivity index (χ1v) is 10.6. The molecule has 1 heterocycles. The molecule has 1 N–H and O–H groups in total. The average molecular weight is 437 g/mol. The SMILES string of the molecule is O=C(COc1ccc(Cl)cc1)NC1CCN(CCCOc2ccc(Cl)cc2)CC1. The van der Waals surface area contributed by atoms with Crippen LogP contribution in [0.1, 0.15) is 19.3 Å². The molecule has 7 heteroatoms. The van der Waals surface area contributed by atoms with Crippen LogP contribution in [0.5, 0.6) is 11.5 Å². The van der Waals surface area contributed by atoms with Crippen molar-refractivity contribution in [2.24, 2.45) is 0 Å². The third-order valence-electron chi connectivity index (χ3n) is 4.84. The van der Waals surface area contributed by atoms with Crippen LogP contribution in [0.15, 0.2) is 48.5 Å². The van der Waals surface area contributed by atoms with Gasteiger partial charge >= 0.3 is 0 Å². The molecule has 0 spiro atoms. The average Bonchev–Trinajstić information content (AvgIpc) is 2.73. The van der Waals surface area contributed by atoms with E-state index in [1.54, 1.807) is 24.3 Å². The number of piperidine rings is 1. The van der Waals surface area contributed by atoms with Crippen molar-refractivity contribution < 1.29 is 14.3 Å². The van der Waals surface area contributed by atoms with E-state index in [0.29, 0.717) is 22.4 Å². The number of hydrogen-bond acceptors (Lipinski definition) is 4. The zero-order valence-corrected chi connectivity index (χ0v) is 17.8. The second-order valence-corrected chi connectivity index (χ2v) is 7.95. The van der Waals surface area contributed by atoms with Crippen LogP contribution >= 0.6 is 23.2 Å². The molecule has 0 bridgehead atoms. The van der Waals surface area contributed by atoms with E-state index >= 15 is 0 Å². The lowest BCUT2D eigenvalue weighted by atomic mass is 10.0. The van der Waals surface area contributed by atoms with Gasteiger partial charge in [-0.3, -0.25) is 4.79 Å². The Morgan fingerprint density at radius 3 is 2.07 bits per heavy atom. The van der Waals surface area contributed by atoms with E-state index in [4.69, 9.17) is 32.7 Å². The van der Waals surface area contributed by atoms with Crippen LogP contribution in [-0.2, 0) is 4.79 Å². The van der Waals surface area contributed by atoms with Crippen LogP contribution in [0.25, 0.3) is 0 Å². The van der Waals surface area contributed by atoms with E-state index in [2.05, 4.69) is 10.2 Å². The molecule has 3 rings (SSSR count). The van der Waals surface area contributed by atoms with Gasteiger partial charge in [-0.25, -0.2) is 0 Å². The van der Waals surface area contributed by atoms with Gasteiger partial charge < -0.3 is 19.7 Å². The minimum absolute atomic E-state index is 0.0177. The highest BCUT2D eigenvalue weighted by atomic mass is 35.5. The largest absolute Gasteiger partial charge is 0.494 e. The van der Waals surface area contributed by atoms with Crippen molar-refractivity contribution in [3.05, 3.63) is 58.6 Å². The molecule has 1 saturated heterocycles. The zero-order valence-electron chi connectivity index (χ0n) is 16.3. The summed E-state index contributed by atoms with van der Waals surface area (Å²) in [5.41, 5.74) is 0. The topological polar surface area (TPSA) is 50.8 Å². The van der Waals surface area contributed by atoms with Gasteiger partial charge in [-0.2, -0.15) is 0 Å². The van der Waals surface area contributed by atoms with Gasteiger partial charge in [0, 0.05) is 35.7 Å². The number of ether oxygens (including phenoxy) is 2. The van der Waals surface area contributed by atoms with Crippen molar-refractivity contribution in [3.8, 4) is 11.5 Å². The molecule has 0 saturated carbocycles. The molecule has 29 heavy (non-hydrogen) atoms. The number of hydrogen-bond donors (Lipinski definition) is 1. The van der Waals surface area contributed by atoms with E-state index in [0.717, 1.165) is 44.6 Å². The summed E-state index contributed by atoms with van der Waals surface area (Å²) in [6.07, 6.45) is 2.87. The molecule has 0 radical (unpaired) electrons.